The molecule has 0 saturated carbocycles. The van der Waals surface area contributed by atoms with Crippen LogP contribution in [0.4, 0.5) is 5.69 Å². The summed E-state index contributed by atoms with van der Waals surface area (Å²) in [4.78, 5) is 25.3. The quantitative estimate of drug-likeness (QED) is 0.877. The average molecular weight is 340 g/mol. The summed E-state index contributed by atoms with van der Waals surface area (Å²) >= 11 is 3.34. The second-order valence-corrected chi connectivity index (χ2v) is 5.86. The topological polar surface area (TPSA) is 75.4 Å². The number of halogens is 1. The first-order chi connectivity index (χ1) is 9.56. The Bertz CT molecular complexity index is 490. The SMILES string of the molecule is NC(=O)[C@@H]1CCCCN1CC(=O)Nc1ccc(Br)cc1. The number of anilines is 1. The van der Waals surface area contributed by atoms with Crippen molar-refractivity contribution in [3.8, 4) is 0 Å². The van der Waals surface area contributed by atoms with Crippen LogP contribution in [0.15, 0.2) is 28.7 Å². The second-order valence-electron chi connectivity index (χ2n) is 4.94. The minimum Gasteiger partial charge on any atom is -0.368 e. The molecule has 0 spiro atoms. The third kappa shape index (κ3) is 4.05. The summed E-state index contributed by atoms with van der Waals surface area (Å²) in [7, 11) is 0. The first-order valence-corrected chi connectivity index (χ1v) is 7.44. The first kappa shape index (κ1) is 15.0. The molecule has 0 aliphatic carbocycles. The largest absolute Gasteiger partial charge is 0.368 e. The number of hydrogen-bond donors (Lipinski definition) is 2. The lowest BCUT2D eigenvalue weighted by molar-refractivity contribution is -0.126. The highest BCUT2D eigenvalue weighted by atomic mass is 79.9. The number of nitrogens with one attached hydrogen (secondary N) is 1. The van der Waals surface area contributed by atoms with Gasteiger partial charge in [-0.3, -0.25) is 14.5 Å². The first-order valence-electron chi connectivity index (χ1n) is 6.65. The maximum absolute atomic E-state index is 12.0. The summed E-state index contributed by atoms with van der Waals surface area (Å²) in [6.07, 6.45) is 2.72. The van der Waals surface area contributed by atoms with E-state index < -0.39 is 0 Å². The van der Waals surface area contributed by atoms with E-state index in [0.29, 0.717) is 0 Å². The van der Waals surface area contributed by atoms with E-state index in [1.54, 1.807) is 0 Å². The van der Waals surface area contributed by atoms with Gasteiger partial charge in [0.2, 0.25) is 11.8 Å². The molecule has 2 amide bonds. The molecule has 1 aromatic carbocycles. The molecule has 1 aliphatic rings. The van der Waals surface area contributed by atoms with Gasteiger partial charge in [0.05, 0.1) is 12.6 Å². The van der Waals surface area contributed by atoms with Gasteiger partial charge in [-0.2, -0.15) is 0 Å². The summed E-state index contributed by atoms with van der Waals surface area (Å²) < 4.78 is 0.959. The smallest absolute Gasteiger partial charge is 0.238 e. The van der Waals surface area contributed by atoms with E-state index in [0.717, 1.165) is 36.0 Å². The summed E-state index contributed by atoms with van der Waals surface area (Å²) in [6, 6.07) is 7.05. The fraction of sp³-hybridized carbons (Fsp3) is 0.429. The van der Waals surface area contributed by atoms with E-state index in [2.05, 4.69) is 21.2 Å². The number of rotatable bonds is 4. The zero-order chi connectivity index (χ0) is 14.5. The van der Waals surface area contributed by atoms with E-state index in [9.17, 15) is 9.59 Å². The predicted octanol–water partition coefficient (Wildman–Crippen LogP) is 1.73. The van der Waals surface area contributed by atoms with Crippen molar-refractivity contribution in [3.63, 3.8) is 0 Å². The molecule has 1 atom stereocenters. The van der Waals surface area contributed by atoms with Crippen molar-refractivity contribution in [2.24, 2.45) is 5.73 Å². The number of nitrogens with zero attached hydrogens (tertiary/aromatic N) is 1. The van der Waals surface area contributed by atoms with E-state index in [4.69, 9.17) is 5.73 Å². The highest BCUT2D eigenvalue weighted by Gasteiger charge is 2.28. The zero-order valence-electron chi connectivity index (χ0n) is 11.1. The summed E-state index contributed by atoms with van der Waals surface area (Å²) in [5.74, 6) is -0.471. The predicted molar refractivity (Wildman–Crippen MR) is 81.2 cm³/mol. The molecule has 6 heteroatoms. The van der Waals surface area contributed by atoms with Gasteiger partial charge in [0.25, 0.3) is 0 Å². The lowest BCUT2D eigenvalue weighted by atomic mass is 10.0. The third-order valence-corrected chi connectivity index (χ3v) is 3.95. The zero-order valence-corrected chi connectivity index (χ0v) is 12.7. The van der Waals surface area contributed by atoms with Crippen molar-refractivity contribution in [2.75, 3.05) is 18.4 Å². The molecular weight excluding hydrogens is 322 g/mol. The lowest BCUT2D eigenvalue weighted by Crippen LogP contribution is -2.50. The van der Waals surface area contributed by atoms with Crippen LogP contribution in [0.5, 0.6) is 0 Å². The van der Waals surface area contributed by atoms with E-state index in [-0.39, 0.29) is 24.4 Å². The van der Waals surface area contributed by atoms with Crippen molar-refractivity contribution in [3.05, 3.63) is 28.7 Å². The number of carbonyl (C=O) groups excluding carboxylic acids is 2. The Balaban J connectivity index is 1.92. The van der Waals surface area contributed by atoms with Crippen LogP contribution in [0.3, 0.4) is 0 Å². The van der Waals surface area contributed by atoms with Crippen molar-refractivity contribution in [1.82, 2.24) is 4.90 Å². The van der Waals surface area contributed by atoms with Gasteiger partial charge >= 0.3 is 0 Å². The Labute approximate surface area is 126 Å². The van der Waals surface area contributed by atoms with Crippen molar-refractivity contribution in [1.29, 1.82) is 0 Å². The molecule has 2 rings (SSSR count). The maximum atomic E-state index is 12.0. The Morgan fingerprint density at radius 1 is 1.30 bits per heavy atom. The van der Waals surface area contributed by atoms with Crippen molar-refractivity contribution >= 4 is 33.4 Å². The van der Waals surface area contributed by atoms with Crippen molar-refractivity contribution in [2.45, 2.75) is 25.3 Å². The molecule has 0 unspecified atom stereocenters. The van der Waals surface area contributed by atoms with E-state index in [1.807, 2.05) is 29.2 Å². The number of hydrogen-bond acceptors (Lipinski definition) is 3. The Morgan fingerprint density at radius 2 is 2.00 bits per heavy atom. The van der Waals surface area contributed by atoms with Gasteiger partial charge in [-0.1, -0.05) is 22.4 Å². The molecule has 20 heavy (non-hydrogen) atoms. The van der Waals surface area contributed by atoms with Gasteiger partial charge in [0.15, 0.2) is 0 Å². The molecule has 1 aliphatic heterocycles. The fourth-order valence-electron chi connectivity index (χ4n) is 2.42. The van der Waals surface area contributed by atoms with Crippen LogP contribution in [-0.4, -0.2) is 35.8 Å². The van der Waals surface area contributed by atoms with E-state index in [1.165, 1.54) is 0 Å². The molecular formula is C14H18BrN3O2. The van der Waals surface area contributed by atoms with Gasteiger partial charge in [0.1, 0.15) is 0 Å². The van der Waals surface area contributed by atoms with Gasteiger partial charge in [-0.15, -0.1) is 0 Å². The molecule has 1 saturated heterocycles. The van der Waals surface area contributed by atoms with Crippen LogP contribution in [0.25, 0.3) is 0 Å². The number of benzene rings is 1. The van der Waals surface area contributed by atoms with Crippen LogP contribution in [0, 0.1) is 0 Å². The van der Waals surface area contributed by atoms with Crippen molar-refractivity contribution < 1.29 is 9.59 Å². The van der Waals surface area contributed by atoms with Gasteiger partial charge in [-0.05, 0) is 43.7 Å². The molecule has 5 nitrogen and oxygen atoms in total. The minimum atomic E-state index is -0.346. The normalized spacial score (nSPS) is 19.6. The highest BCUT2D eigenvalue weighted by Crippen LogP contribution is 2.17. The molecule has 0 bridgehead atoms. The molecule has 1 aromatic rings. The molecule has 1 heterocycles. The van der Waals surface area contributed by atoms with Gasteiger partial charge in [-0.25, -0.2) is 0 Å². The third-order valence-electron chi connectivity index (χ3n) is 3.42. The Morgan fingerprint density at radius 3 is 2.65 bits per heavy atom. The summed E-state index contributed by atoms with van der Waals surface area (Å²) in [6.45, 7) is 0.936. The maximum Gasteiger partial charge on any atom is 0.238 e. The fourth-order valence-corrected chi connectivity index (χ4v) is 2.68. The molecule has 1 fully saturated rings. The van der Waals surface area contributed by atoms with Crippen LogP contribution < -0.4 is 11.1 Å². The van der Waals surface area contributed by atoms with Crippen LogP contribution in [0.1, 0.15) is 19.3 Å². The second kappa shape index (κ2) is 6.85. The van der Waals surface area contributed by atoms with Crippen LogP contribution >= 0.6 is 15.9 Å². The number of likely N-dealkylation sites (tertiary alicyclic amines) is 1. The highest BCUT2D eigenvalue weighted by molar-refractivity contribution is 9.10. The average Bonchev–Trinajstić information content (AvgIpc) is 2.41. The van der Waals surface area contributed by atoms with E-state index >= 15 is 0 Å². The number of primary amides is 1. The van der Waals surface area contributed by atoms with Crippen LogP contribution in [-0.2, 0) is 9.59 Å². The van der Waals surface area contributed by atoms with Gasteiger partial charge < -0.3 is 11.1 Å². The molecule has 3 N–H and O–H groups in total. The minimum absolute atomic E-state index is 0.125. The molecule has 0 aromatic heterocycles. The number of piperidine rings is 1. The number of amides is 2. The van der Waals surface area contributed by atoms with Crippen LogP contribution in [0.2, 0.25) is 0 Å². The number of nitrogens with two attached hydrogens (primary N) is 1. The summed E-state index contributed by atoms with van der Waals surface area (Å²) in [5.41, 5.74) is 6.13. The lowest BCUT2D eigenvalue weighted by Gasteiger charge is -2.32. The molecule has 0 radical (unpaired) electrons. The monoisotopic (exact) mass is 339 g/mol. The summed E-state index contributed by atoms with van der Waals surface area (Å²) in [5, 5.41) is 2.82. The number of carbonyl (C=O) groups is 2. The standard InChI is InChI=1S/C14H18BrN3O2/c15-10-4-6-11(7-5-10)17-13(19)9-18-8-2-1-3-12(18)14(16)20/h4-7,12H,1-3,8-9H2,(H2,16,20)(H,17,19)/t12-/m0/s1. The molecule has 108 valence electrons. The van der Waals surface area contributed by atoms with Gasteiger partial charge in [0, 0.05) is 10.2 Å². The Hall–Kier alpha value is -1.40. The Kier molecular flexibility index (Phi) is 5.14.